The number of aromatic nitrogens is 2. The van der Waals surface area contributed by atoms with E-state index in [1.807, 2.05) is 11.4 Å². The lowest BCUT2D eigenvalue weighted by Gasteiger charge is -2.07. The van der Waals surface area contributed by atoms with Gasteiger partial charge in [-0.25, -0.2) is 4.39 Å². The second-order valence-corrected chi connectivity index (χ2v) is 7.17. The van der Waals surface area contributed by atoms with Crippen LogP contribution in [0.5, 0.6) is 0 Å². The van der Waals surface area contributed by atoms with Crippen molar-refractivity contribution in [3.63, 3.8) is 0 Å². The molecule has 108 valence electrons. The van der Waals surface area contributed by atoms with Crippen LogP contribution in [0.15, 0.2) is 33.4 Å². The Labute approximate surface area is 138 Å². The van der Waals surface area contributed by atoms with Gasteiger partial charge in [0.25, 0.3) is 0 Å². The third-order valence-corrected chi connectivity index (χ3v) is 4.96. The minimum absolute atomic E-state index is 0.280. The number of hydrogen-bond donors (Lipinski definition) is 1. The van der Waals surface area contributed by atoms with E-state index in [0.717, 1.165) is 9.35 Å². The molecule has 3 rings (SSSR count). The summed E-state index contributed by atoms with van der Waals surface area (Å²) in [5.74, 6) is -0.0444. The summed E-state index contributed by atoms with van der Waals surface area (Å²) in [6.07, 6.45) is 0. The molecule has 0 bridgehead atoms. The van der Waals surface area contributed by atoms with Gasteiger partial charge in [0.1, 0.15) is 17.3 Å². The summed E-state index contributed by atoms with van der Waals surface area (Å²) in [6, 6.07) is 6.49. The lowest BCUT2D eigenvalue weighted by atomic mass is 10.0. The van der Waals surface area contributed by atoms with Crippen LogP contribution in [0.2, 0.25) is 5.02 Å². The summed E-state index contributed by atoms with van der Waals surface area (Å²) < 4.78 is 16.7. The lowest BCUT2D eigenvalue weighted by molar-refractivity contribution is 0.631. The number of anilines is 1. The predicted octanol–water partition coefficient (Wildman–Crippen LogP) is 4.95. The Kier molecular flexibility index (Phi) is 3.77. The molecule has 0 aliphatic carbocycles. The second-order valence-electron chi connectivity index (χ2n) is 4.47. The molecule has 2 N–H and O–H groups in total. The van der Waals surface area contributed by atoms with E-state index in [9.17, 15) is 4.39 Å². The molecular formula is C14H10BrClFN3S. The van der Waals surface area contributed by atoms with Crippen molar-refractivity contribution in [3.8, 4) is 22.4 Å². The van der Waals surface area contributed by atoms with Crippen molar-refractivity contribution >= 4 is 44.7 Å². The van der Waals surface area contributed by atoms with Crippen molar-refractivity contribution < 1.29 is 4.39 Å². The summed E-state index contributed by atoms with van der Waals surface area (Å²) in [5.41, 5.74) is 8.37. The number of nitrogens with zero attached hydrogens (tertiary/aromatic N) is 2. The molecule has 7 heteroatoms. The van der Waals surface area contributed by atoms with Crippen LogP contribution in [0.3, 0.4) is 0 Å². The van der Waals surface area contributed by atoms with Crippen LogP contribution < -0.4 is 5.73 Å². The molecular weight excluding hydrogens is 377 g/mol. The van der Waals surface area contributed by atoms with E-state index in [0.29, 0.717) is 22.1 Å². The van der Waals surface area contributed by atoms with Crippen LogP contribution in [0.4, 0.5) is 10.2 Å². The number of thiophene rings is 1. The molecule has 0 radical (unpaired) electrons. The molecule has 2 heterocycles. The highest BCUT2D eigenvalue weighted by Crippen LogP contribution is 2.42. The van der Waals surface area contributed by atoms with Crippen molar-refractivity contribution in [2.45, 2.75) is 0 Å². The molecule has 0 atom stereocenters. The zero-order valence-electron chi connectivity index (χ0n) is 10.9. The van der Waals surface area contributed by atoms with Crippen molar-refractivity contribution in [2.75, 3.05) is 5.73 Å². The largest absolute Gasteiger partial charge is 0.383 e. The topological polar surface area (TPSA) is 43.8 Å². The summed E-state index contributed by atoms with van der Waals surface area (Å²) in [4.78, 5) is 0. The van der Waals surface area contributed by atoms with Gasteiger partial charge in [0, 0.05) is 23.6 Å². The predicted molar refractivity (Wildman–Crippen MR) is 89.0 cm³/mol. The maximum absolute atomic E-state index is 14.2. The Morgan fingerprint density at radius 2 is 2.14 bits per heavy atom. The first-order chi connectivity index (χ1) is 9.99. The van der Waals surface area contributed by atoms with Crippen molar-refractivity contribution in [1.29, 1.82) is 0 Å². The van der Waals surface area contributed by atoms with E-state index in [1.165, 1.54) is 22.1 Å². The quantitative estimate of drug-likeness (QED) is 0.677. The normalized spacial score (nSPS) is 11.0. The van der Waals surface area contributed by atoms with Gasteiger partial charge in [0.2, 0.25) is 0 Å². The zero-order valence-corrected chi connectivity index (χ0v) is 14.1. The highest BCUT2D eigenvalue weighted by molar-refractivity contribution is 9.11. The van der Waals surface area contributed by atoms with Crippen LogP contribution in [0.25, 0.3) is 22.4 Å². The molecule has 1 aromatic carbocycles. The fourth-order valence-corrected chi connectivity index (χ4v) is 3.56. The van der Waals surface area contributed by atoms with Crippen LogP contribution in [-0.2, 0) is 7.05 Å². The van der Waals surface area contributed by atoms with E-state index < -0.39 is 5.82 Å². The number of benzene rings is 1. The maximum atomic E-state index is 14.2. The highest BCUT2D eigenvalue weighted by Gasteiger charge is 2.22. The van der Waals surface area contributed by atoms with Gasteiger partial charge in [-0.05, 0) is 34.1 Å². The van der Waals surface area contributed by atoms with Crippen LogP contribution in [0, 0.1) is 5.82 Å². The van der Waals surface area contributed by atoms with Gasteiger partial charge in [0.15, 0.2) is 0 Å². The number of aryl methyl sites for hydroxylation is 1. The smallest absolute Gasteiger partial charge is 0.132 e. The number of halogens is 3. The molecule has 0 aliphatic rings. The molecule has 2 aromatic heterocycles. The zero-order chi connectivity index (χ0) is 15.1. The van der Waals surface area contributed by atoms with E-state index in [1.54, 1.807) is 19.2 Å². The van der Waals surface area contributed by atoms with Gasteiger partial charge in [-0.15, -0.1) is 11.3 Å². The van der Waals surface area contributed by atoms with Gasteiger partial charge in [0.05, 0.1) is 14.4 Å². The molecule has 3 nitrogen and oxygen atoms in total. The number of hydrogen-bond acceptors (Lipinski definition) is 3. The molecule has 0 saturated carbocycles. The Bertz CT molecular complexity index is 807. The minimum atomic E-state index is -0.419. The SMILES string of the molecule is Cn1nc(-c2csc(Br)c2)c(-c2c(F)cccc2Cl)c1N. The maximum Gasteiger partial charge on any atom is 0.132 e. The average molecular weight is 387 g/mol. The van der Waals surface area contributed by atoms with E-state index in [-0.39, 0.29) is 5.56 Å². The second kappa shape index (κ2) is 5.44. The number of rotatable bonds is 2. The van der Waals surface area contributed by atoms with E-state index in [2.05, 4.69) is 21.0 Å². The third kappa shape index (κ3) is 2.47. The van der Waals surface area contributed by atoms with Crippen molar-refractivity contribution in [2.24, 2.45) is 7.05 Å². The highest BCUT2D eigenvalue weighted by atomic mass is 79.9. The molecule has 3 aromatic rings. The fourth-order valence-electron chi connectivity index (χ4n) is 2.16. The summed E-state index contributed by atoms with van der Waals surface area (Å²) >= 11 is 11.1. The first-order valence-corrected chi connectivity index (χ1v) is 8.05. The molecule has 0 fully saturated rings. The first kappa shape index (κ1) is 14.6. The van der Waals surface area contributed by atoms with Crippen LogP contribution >= 0.6 is 38.9 Å². The molecule has 0 aliphatic heterocycles. The molecule has 0 amide bonds. The summed E-state index contributed by atoms with van der Waals surface area (Å²) in [6.45, 7) is 0. The summed E-state index contributed by atoms with van der Waals surface area (Å²) in [5, 5.41) is 6.65. The molecule has 0 saturated heterocycles. The van der Waals surface area contributed by atoms with Crippen molar-refractivity contribution in [1.82, 2.24) is 9.78 Å². The number of nitrogens with two attached hydrogens (primary N) is 1. The van der Waals surface area contributed by atoms with Gasteiger partial charge in [-0.1, -0.05) is 17.7 Å². The van der Waals surface area contributed by atoms with Gasteiger partial charge >= 0.3 is 0 Å². The van der Waals surface area contributed by atoms with Gasteiger partial charge < -0.3 is 5.73 Å². The number of nitrogen functional groups attached to an aromatic ring is 1. The summed E-state index contributed by atoms with van der Waals surface area (Å²) in [7, 11) is 1.72. The Balaban J connectivity index is 2.32. The van der Waals surface area contributed by atoms with Crippen molar-refractivity contribution in [3.05, 3.63) is 44.3 Å². The molecule has 0 unspecified atom stereocenters. The molecule has 0 spiro atoms. The van der Waals surface area contributed by atoms with Gasteiger partial charge in [-0.2, -0.15) is 5.10 Å². The lowest BCUT2D eigenvalue weighted by Crippen LogP contribution is -1.98. The molecule has 21 heavy (non-hydrogen) atoms. The van der Waals surface area contributed by atoms with E-state index in [4.69, 9.17) is 17.3 Å². The monoisotopic (exact) mass is 385 g/mol. The fraction of sp³-hybridized carbons (Fsp3) is 0.0714. The Hall–Kier alpha value is -1.37. The van der Waals surface area contributed by atoms with E-state index >= 15 is 0 Å². The average Bonchev–Trinajstić information content (AvgIpc) is 2.97. The Morgan fingerprint density at radius 1 is 1.38 bits per heavy atom. The minimum Gasteiger partial charge on any atom is -0.383 e. The van der Waals surface area contributed by atoms with Gasteiger partial charge in [-0.3, -0.25) is 4.68 Å². The third-order valence-electron chi connectivity index (χ3n) is 3.15. The Morgan fingerprint density at radius 3 is 2.76 bits per heavy atom. The first-order valence-electron chi connectivity index (χ1n) is 6.00. The van der Waals surface area contributed by atoms with Crippen LogP contribution in [0.1, 0.15) is 0 Å². The van der Waals surface area contributed by atoms with Crippen LogP contribution in [-0.4, -0.2) is 9.78 Å². The standard InChI is InChI=1S/C14H10BrClFN3S/c1-20-14(18)12(11-8(16)3-2-4-9(11)17)13(19-20)7-5-10(15)21-6-7/h2-6H,18H2,1H3.